The van der Waals surface area contributed by atoms with Crippen molar-refractivity contribution < 1.29 is 14.3 Å². The number of methoxy groups -OCH3 is 2. The van der Waals surface area contributed by atoms with Crippen LogP contribution < -0.4 is 19.7 Å². The Bertz CT molecular complexity index is 745. The number of carbonyl (C=O) groups excluding carboxylic acids is 1. The lowest BCUT2D eigenvalue weighted by molar-refractivity contribution is 0.102. The Balaban J connectivity index is 1.90. The lowest BCUT2D eigenvalue weighted by Gasteiger charge is -2.20. The van der Waals surface area contributed by atoms with Gasteiger partial charge < -0.3 is 19.7 Å². The number of amides is 1. The summed E-state index contributed by atoms with van der Waals surface area (Å²) in [5.74, 6) is 0.742. The Hall–Kier alpha value is -2.69. The minimum atomic E-state index is -0.240. The average molecular weight is 340 g/mol. The number of nitrogens with zero attached hydrogens (tertiary/aromatic N) is 1. The normalized spacial score (nSPS) is 13.6. The summed E-state index contributed by atoms with van der Waals surface area (Å²) in [6.07, 6.45) is 2.43. The summed E-state index contributed by atoms with van der Waals surface area (Å²) in [7, 11) is 3.09. The fraction of sp³-hybridized carbons (Fsp3) is 0.350. The fourth-order valence-electron chi connectivity index (χ4n) is 3.18. The van der Waals surface area contributed by atoms with Crippen LogP contribution in [0.4, 0.5) is 11.4 Å². The van der Waals surface area contributed by atoms with E-state index in [2.05, 4.69) is 16.3 Å². The molecule has 2 aromatic carbocycles. The number of carbonyl (C=O) groups is 1. The predicted molar refractivity (Wildman–Crippen MR) is 100 cm³/mol. The first kappa shape index (κ1) is 17.1. The van der Waals surface area contributed by atoms with E-state index in [0.29, 0.717) is 17.1 Å². The summed E-state index contributed by atoms with van der Waals surface area (Å²) in [4.78, 5) is 15.2. The Kier molecular flexibility index (Phi) is 5.12. The summed E-state index contributed by atoms with van der Waals surface area (Å²) in [6.45, 7) is 4.12. The Morgan fingerprint density at radius 3 is 2.28 bits per heavy atom. The van der Waals surface area contributed by atoms with Crippen molar-refractivity contribution >= 4 is 17.3 Å². The van der Waals surface area contributed by atoms with Crippen molar-refractivity contribution in [2.24, 2.45) is 0 Å². The molecule has 3 rings (SSSR count). The third-order valence-electron chi connectivity index (χ3n) is 4.60. The molecule has 25 heavy (non-hydrogen) atoms. The van der Waals surface area contributed by atoms with E-state index in [1.54, 1.807) is 32.4 Å². The number of nitrogens with one attached hydrogen (secondary N) is 1. The maximum atomic E-state index is 12.9. The second-order valence-electron chi connectivity index (χ2n) is 6.19. The van der Waals surface area contributed by atoms with Crippen LogP contribution in [0.15, 0.2) is 36.4 Å². The van der Waals surface area contributed by atoms with E-state index in [4.69, 9.17) is 9.47 Å². The van der Waals surface area contributed by atoms with Crippen LogP contribution in [0, 0.1) is 6.92 Å². The first-order chi connectivity index (χ1) is 12.1. The quantitative estimate of drug-likeness (QED) is 0.898. The Morgan fingerprint density at radius 1 is 1.04 bits per heavy atom. The Morgan fingerprint density at radius 2 is 1.68 bits per heavy atom. The van der Waals surface area contributed by atoms with Gasteiger partial charge in [0.2, 0.25) is 0 Å². The summed E-state index contributed by atoms with van der Waals surface area (Å²) >= 11 is 0. The highest BCUT2D eigenvalue weighted by molar-refractivity contribution is 6.08. The van der Waals surface area contributed by atoms with E-state index in [1.807, 2.05) is 19.1 Å². The number of anilines is 2. The zero-order valence-corrected chi connectivity index (χ0v) is 15.0. The molecule has 0 aliphatic carbocycles. The van der Waals surface area contributed by atoms with Gasteiger partial charge >= 0.3 is 0 Å². The van der Waals surface area contributed by atoms with Crippen molar-refractivity contribution in [1.29, 1.82) is 0 Å². The first-order valence-corrected chi connectivity index (χ1v) is 8.52. The van der Waals surface area contributed by atoms with Gasteiger partial charge in [-0.2, -0.15) is 0 Å². The largest absolute Gasteiger partial charge is 0.496 e. The van der Waals surface area contributed by atoms with E-state index in [-0.39, 0.29) is 5.91 Å². The van der Waals surface area contributed by atoms with Crippen molar-refractivity contribution in [3.05, 3.63) is 47.5 Å². The van der Waals surface area contributed by atoms with E-state index < -0.39 is 0 Å². The monoisotopic (exact) mass is 340 g/mol. The van der Waals surface area contributed by atoms with Gasteiger partial charge in [0.1, 0.15) is 17.1 Å². The van der Waals surface area contributed by atoms with Crippen molar-refractivity contribution in [2.75, 3.05) is 37.5 Å². The Labute approximate surface area is 148 Å². The van der Waals surface area contributed by atoms with E-state index in [1.165, 1.54) is 12.8 Å². The molecular formula is C20H24N2O3. The van der Waals surface area contributed by atoms with E-state index in [0.717, 1.165) is 30.0 Å². The molecule has 0 bridgehead atoms. The van der Waals surface area contributed by atoms with Crippen molar-refractivity contribution in [3.63, 3.8) is 0 Å². The van der Waals surface area contributed by atoms with Crippen LogP contribution >= 0.6 is 0 Å². The number of benzene rings is 2. The molecule has 0 aromatic heterocycles. The van der Waals surface area contributed by atoms with Crippen LogP contribution in [0.5, 0.6) is 11.5 Å². The smallest absolute Gasteiger partial charge is 0.263 e. The second kappa shape index (κ2) is 7.47. The maximum Gasteiger partial charge on any atom is 0.263 e. The summed E-state index contributed by atoms with van der Waals surface area (Å²) in [6, 6.07) is 11.5. The molecule has 1 saturated heterocycles. The van der Waals surface area contributed by atoms with Gasteiger partial charge in [-0.3, -0.25) is 4.79 Å². The molecule has 132 valence electrons. The summed E-state index contributed by atoms with van der Waals surface area (Å²) < 4.78 is 10.7. The standard InChI is InChI=1S/C20H24N2O3/c1-14-9-10-15(22-11-4-5-12-22)13-16(14)21-20(23)19-17(24-2)7-6-8-18(19)25-3/h6-10,13H,4-5,11-12H2,1-3H3,(H,21,23). The minimum absolute atomic E-state index is 0.240. The van der Waals surface area contributed by atoms with Crippen molar-refractivity contribution in [2.45, 2.75) is 19.8 Å². The third-order valence-corrected chi connectivity index (χ3v) is 4.60. The molecule has 1 amide bonds. The third kappa shape index (κ3) is 3.55. The molecule has 1 heterocycles. The predicted octanol–water partition coefficient (Wildman–Crippen LogP) is 3.86. The molecule has 0 saturated carbocycles. The number of aryl methyl sites for hydroxylation is 1. The van der Waals surface area contributed by atoms with E-state index >= 15 is 0 Å². The van der Waals surface area contributed by atoms with Gasteiger partial charge in [0.05, 0.1) is 14.2 Å². The highest BCUT2D eigenvalue weighted by atomic mass is 16.5. The van der Waals surface area contributed by atoms with Crippen molar-refractivity contribution in [3.8, 4) is 11.5 Å². The van der Waals surface area contributed by atoms with Gasteiger partial charge in [0, 0.05) is 24.5 Å². The zero-order chi connectivity index (χ0) is 17.8. The van der Waals surface area contributed by atoms with Gasteiger partial charge in [-0.05, 0) is 49.6 Å². The van der Waals surface area contributed by atoms with Crippen LogP contribution in [-0.2, 0) is 0 Å². The van der Waals surface area contributed by atoms with Crippen LogP contribution in [0.25, 0.3) is 0 Å². The molecule has 5 nitrogen and oxygen atoms in total. The van der Waals surface area contributed by atoms with Gasteiger partial charge in [0.15, 0.2) is 0 Å². The van der Waals surface area contributed by atoms with Crippen LogP contribution in [0.3, 0.4) is 0 Å². The zero-order valence-electron chi connectivity index (χ0n) is 15.0. The van der Waals surface area contributed by atoms with Crippen molar-refractivity contribution in [1.82, 2.24) is 0 Å². The fourth-order valence-corrected chi connectivity index (χ4v) is 3.18. The highest BCUT2D eigenvalue weighted by Crippen LogP contribution is 2.31. The molecule has 0 atom stereocenters. The molecule has 0 unspecified atom stereocenters. The molecule has 1 N–H and O–H groups in total. The van der Waals surface area contributed by atoms with Crippen LogP contribution in [0.2, 0.25) is 0 Å². The van der Waals surface area contributed by atoms with Crippen LogP contribution in [0.1, 0.15) is 28.8 Å². The van der Waals surface area contributed by atoms with Gasteiger partial charge in [-0.25, -0.2) is 0 Å². The molecule has 1 aliphatic heterocycles. The molecule has 2 aromatic rings. The highest BCUT2D eigenvalue weighted by Gasteiger charge is 2.20. The van der Waals surface area contributed by atoms with E-state index in [9.17, 15) is 4.79 Å². The molecule has 1 fully saturated rings. The number of ether oxygens (including phenoxy) is 2. The average Bonchev–Trinajstić information content (AvgIpc) is 3.17. The summed E-state index contributed by atoms with van der Waals surface area (Å²) in [5, 5.41) is 3.01. The summed E-state index contributed by atoms with van der Waals surface area (Å²) in [5.41, 5.74) is 3.37. The lowest BCUT2D eigenvalue weighted by Crippen LogP contribution is -2.19. The number of rotatable bonds is 5. The number of hydrogen-bond acceptors (Lipinski definition) is 4. The topological polar surface area (TPSA) is 50.8 Å². The maximum absolute atomic E-state index is 12.9. The van der Waals surface area contributed by atoms with Crippen LogP contribution in [-0.4, -0.2) is 33.2 Å². The minimum Gasteiger partial charge on any atom is -0.496 e. The SMILES string of the molecule is COc1cccc(OC)c1C(=O)Nc1cc(N2CCCC2)ccc1C. The number of hydrogen-bond donors (Lipinski definition) is 1. The molecule has 5 heteroatoms. The molecule has 0 radical (unpaired) electrons. The van der Waals surface area contributed by atoms with Gasteiger partial charge in [0.25, 0.3) is 5.91 Å². The second-order valence-corrected chi connectivity index (χ2v) is 6.19. The lowest BCUT2D eigenvalue weighted by atomic mass is 10.1. The molecular weight excluding hydrogens is 316 g/mol. The molecule has 0 spiro atoms. The first-order valence-electron chi connectivity index (χ1n) is 8.52. The molecule has 1 aliphatic rings. The van der Waals surface area contributed by atoms with Gasteiger partial charge in [-0.15, -0.1) is 0 Å². The van der Waals surface area contributed by atoms with Gasteiger partial charge in [-0.1, -0.05) is 12.1 Å².